The van der Waals surface area contributed by atoms with Crippen LogP contribution in [0.2, 0.25) is 0 Å². The minimum absolute atomic E-state index is 0.0257. The summed E-state index contributed by atoms with van der Waals surface area (Å²) >= 11 is 0. The second-order valence-corrected chi connectivity index (χ2v) is 19.0. The van der Waals surface area contributed by atoms with Crippen molar-refractivity contribution in [1.29, 1.82) is 0 Å². The van der Waals surface area contributed by atoms with Gasteiger partial charge in [0.2, 0.25) is 6.29 Å². The fourth-order valence-electron chi connectivity index (χ4n) is 11.3. The van der Waals surface area contributed by atoms with Crippen LogP contribution in [0.15, 0.2) is 60.8 Å². The largest absolute Gasteiger partial charge is 0.506 e. The smallest absolute Gasteiger partial charge is 0.254 e. The molecule has 3 fully saturated rings. The molecule has 1 amide bonds. The van der Waals surface area contributed by atoms with E-state index < -0.39 is 48.7 Å². The number of carbonyl (C=O) groups excluding carboxylic acids is 2. The van der Waals surface area contributed by atoms with Gasteiger partial charge in [-0.15, -0.1) is 0 Å². The molecular formula is C53H55N3O11. The van der Waals surface area contributed by atoms with Gasteiger partial charge < -0.3 is 59.3 Å². The Morgan fingerprint density at radius 3 is 2.64 bits per heavy atom. The molecule has 4 aliphatic heterocycles. The van der Waals surface area contributed by atoms with Crippen LogP contribution in [0.5, 0.6) is 17.2 Å². The van der Waals surface area contributed by atoms with E-state index in [9.17, 15) is 30.0 Å². The van der Waals surface area contributed by atoms with Crippen LogP contribution in [0.3, 0.4) is 0 Å². The molecule has 14 heteroatoms. The third kappa shape index (κ3) is 7.62. The Hall–Kier alpha value is -5.92. The first-order valence-corrected chi connectivity index (χ1v) is 23.6. The van der Waals surface area contributed by atoms with Gasteiger partial charge in [-0.25, -0.2) is 0 Å². The number of ketones is 1. The summed E-state index contributed by atoms with van der Waals surface area (Å²) in [7, 11) is 1.52. The van der Waals surface area contributed by atoms with Crippen molar-refractivity contribution in [2.24, 2.45) is 0 Å². The zero-order valence-corrected chi connectivity index (χ0v) is 37.4. The van der Waals surface area contributed by atoms with Gasteiger partial charge in [0.25, 0.3) is 5.91 Å². The topological polar surface area (TPSA) is 192 Å². The van der Waals surface area contributed by atoms with Crippen molar-refractivity contribution >= 4 is 39.4 Å². The van der Waals surface area contributed by atoms with Crippen LogP contribution in [0, 0.1) is 12.0 Å². The third-order valence-electron chi connectivity index (χ3n) is 15.0. The maximum Gasteiger partial charge on any atom is 0.254 e. The summed E-state index contributed by atoms with van der Waals surface area (Å²) in [6.45, 7) is -0.636. The molecule has 11 rings (SSSR count). The standard InChI is InChI=1S/C53H55N3O11/c1-63-43-22-32-21-36(30-8-2-3-9-30)46-41(58)26-56-25-39-31(10-6-14-34(39)51(56)61)11-7-19-64-50-47(59)44-27-65-42(18-16-35(43)49(45(32)48(46)60)67-52(66-44)53(50,62)28-57)38-24-55-40-17-15-29(20-37(38)40)23-54-33-12-4-5-13-33/h6,10,14-18,20-22,24,30,33,42,44,47,50,52,54-55,57,59-60,62H,2-5,8-9,11-13,23,25-28H2,1H3. The number of hydrogen-bond donors (Lipinski definition) is 6. The number of nitrogens with zero attached hydrogens (tertiary/aromatic N) is 1. The van der Waals surface area contributed by atoms with Gasteiger partial charge in [-0.1, -0.05) is 55.9 Å². The lowest BCUT2D eigenvalue weighted by Gasteiger charge is -2.47. The van der Waals surface area contributed by atoms with Crippen molar-refractivity contribution in [3.8, 4) is 29.3 Å². The number of methoxy groups -OCH3 is 1. The molecule has 5 aromatic rings. The van der Waals surface area contributed by atoms with E-state index in [0.717, 1.165) is 58.8 Å². The number of aromatic nitrogens is 1. The van der Waals surface area contributed by atoms with Gasteiger partial charge in [0.05, 0.1) is 43.4 Å². The molecule has 2 aliphatic carbocycles. The highest BCUT2D eigenvalue weighted by atomic mass is 16.7. The van der Waals surface area contributed by atoms with Crippen molar-refractivity contribution in [2.75, 3.05) is 26.9 Å². The van der Waals surface area contributed by atoms with Gasteiger partial charge in [-0.05, 0) is 95.6 Å². The molecule has 14 nitrogen and oxygen atoms in total. The van der Waals surface area contributed by atoms with Gasteiger partial charge >= 0.3 is 0 Å². The summed E-state index contributed by atoms with van der Waals surface area (Å²) in [4.78, 5) is 33.7. The highest BCUT2D eigenvalue weighted by Crippen LogP contribution is 2.50. The number of aliphatic hydroxyl groups is 3. The van der Waals surface area contributed by atoms with E-state index in [2.05, 4.69) is 34.5 Å². The highest BCUT2D eigenvalue weighted by molar-refractivity contribution is 6.11. The molecule has 2 saturated carbocycles. The van der Waals surface area contributed by atoms with Crippen LogP contribution in [-0.4, -0.2) is 105 Å². The fraction of sp³-hybridized carbons (Fsp3) is 0.434. The van der Waals surface area contributed by atoms with Gasteiger partial charge in [0, 0.05) is 53.8 Å². The average Bonchev–Trinajstić information content (AvgIpc) is 4.18. The Bertz CT molecular complexity index is 2870. The van der Waals surface area contributed by atoms with E-state index in [1.165, 1.54) is 37.7 Å². The summed E-state index contributed by atoms with van der Waals surface area (Å²) in [6, 6.07) is 15.8. The third-order valence-corrected chi connectivity index (χ3v) is 15.0. The van der Waals surface area contributed by atoms with E-state index in [-0.39, 0.29) is 60.4 Å². The van der Waals surface area contributed by atoms with Gasteiger partial charge in [0.1, 0.15) is 41.7 Å². The number of benzene rings is 4. The van der Waals surface area contributed by atoms with Crippen LogP contribution in [-0.2, 0) is 33.7 Å². The number of carbonyl (C=O) groups is 2. The van der Waals surface area contributed by atoms with E-state index in [1.54, 1.807) is 24.3 Å². The molecule has 4 aromatic carbocycles. The van der Waals surface area contributed by atoms with E-state index in [1.807, 2.05) is 30.5 Å². The number of aromatic hydroxyl groups is 1. The zero-order valence-electron chi connectivity index (χ0n) is 37.4. The minimum Gasteiger partial charge on any atom is -0.506 e. The molecule has 67 heavy (non-hydrogen) atoms. The van der Waals surface area contributed by atoms with Crippen LogP contribution >= 0.6 is 0 Å². The van der Waals surface area contributed by atoms with Crippen LogP contribution in [0.1, 0.15) is 117 Å². The van der Waals surface area contributed by atoms with Crippen LogP contribution < -0.4 is 14.8 Å². The number of nitrogens with one attached hydrogen (secondary N) is 2. The predicted octanol–water partition coefficient (Wildman–Crippen LogP) is 6.44. The maximum atomic E-state index is 14.9. The van der Waals surface area contributed by atoms with Crippen molar-refractivity contribution in [2.45, 2.75) is 119 Å². The lowest BCUT2D eigenvalue weighted by atomic mass is 9.86. The maximum absolute atomic E-state index is 14.9. The molecule has 0 radical (unpaired) electrons. The first-order valence-electron chi connectivity index (χ1n) is 23.6. The minimum atomic E-state index is -2.45. The number of amides is 1. The molecule has 6 aliphatic rings. The number of phenolic OH excluding ortho intramolecular Hbond substituents is 1. The number of Topliss-reactive ketones (excluding diaryl/α,β-unsaturated/α-hetero) is 1. The first-order chi connectivity index (χ1) is 32.6. The summed E-state index contributed by atoms with van der Waals surface area (Å²) < 4.78 is 32.1. The Kier molecular flexibility index (Phi) is 11.5. The molecule has 348 valence electrons. The van der Waals surface area contributed by atoms with E-state index in [4.69, 9.17) is 23.7 Å². The molecule has 0 spiro atoms. The SMILES string of the molecule is COc1cc2cc(C3CCCC3)c3c(O)c2c2c1C=CC(c1c[nH]c4ccc(CNC5CCCC5)cc14)OCC1OC(O2)C(O)(CO)C(OC#CCc2cccc4c2CN(CC3=O)C4=O)C1O. The van der Waals surface area contributed by atoms with Gasteiger partial charge in [-0.2, -0.15) is 0 Å². The van der Waals surface area contributed by atoms with Crippen LogP contribution in [0.4, 0.5) is 0 Å². The number of ether oxygens (including phenoxy) is 5. The van der Waals surface area contributed by atoms with Crippen LogP contribution in [0.25, 0.3) is 27.8 Å². The first kappa shape index (κ1) is 43.6. The summed E-state index contributed by atoms with van der Waals surface area (Å²) in [5.41, 5.74) is 3.35. The average molecular weight is 910 g/mol. The number of phenols is 1. The van der Waals surface area contributed by atoms with Crippen molar-refractivity contribution in [3.05, 3.63) is 105 Å². The summed E-state index contributed by atoms with van der Waals surface area (Å²) in [5, 5.41) is 53.7. The summed E-state index contributed by atoms with van der Waals surface area (Å²) in [6.07, 6.45) is 9.67. The number of aromatic amines is 1. The number of rotatable bonds is 7. The Morgan fingerprint density at radius 2 is 1.84 bits per heavy atom. The van der Waals surface area contributed by atoms with Gasteiger partial charge in [-0.3, -0.25) is 9.59 Å². The molecule has 6 unspecified atom stereocenters. The Morgan fingerprint density at radius 1 is 1.01 bits per heavy atom. The predicted molar refractivity (Wildman–Crippen MR) is 248 cm³/mol. The van der Waals surface area contributed by atoms with E-state index in [0.29, 0.717) is 40.4 Å². The molecular weight excluding hydrogens is 855 g/mol. The molecule has 1 saturated heterocycles. The lowest BCUT2D eigenvalue weighted by molar-refractivity contribution is -0.328. The summed E-state index contributed by atoms with van der Waals surface area (Å²) in [5.74, 6) is 2.15. The number of fused-ring (bicyclic) bond motifs is 5. The highest BCUT2D eigenvalue weighted by Gasteiger charge is 2.59. The zero-order chi connectivity index (χ0) is 46.0. The lowest BCUT2D eigenvalue weighted by Crippen LogP contribution is -2.70. The Labute approximate surface area is 387 Å². The van der Waals surface area contributed by atoms with Crippen molar-refractivity contribution in [1.82, 2.24) is 15.2 Å². The quantitative estimate of drug-likeness (QED) is 0.0982. The van der Waals surface area contributed by atoms with Crippen molar-refractivity contribution in [3.63, 3.8) is 0 Å². The number of aliphatic hydroxyl groups excluding tert-OH is 2. The fourth-order valence-corrected chi connectivity index (χ4v) is 11.3. The second kappa shape index (κ2) is 17.6. The number of H-pyrrole nitrogens is 1. The molecule has 6 N–H and O–H groups in total. The normalized spacial score (nSPS) is 26.5. The molecule has 1 aromatic heterocycles. The van der Waals surface area contributed by atoms with Gasteiger partial charge in [0.15, 0.2) is 17.5 Å². The number of hydrogen-bond acceptors (Lipinski definition) is 12. The van der Waals surface area contributed by atoms with Crippen molar-refractivity contribution < 1.29 is 53.7 Å². The second-order valence-electron chi connectivity index (χ2n) is 19.0. The van der Waals surface area contributed by atoms with E-state index >= 15 is 0 Å². The Balaban J connectivity index is 1.11. The molecule has 5 heterocycles. The molecule has 6 atom stereocenters. The molecule has 8 bridgehead atoms. The monoisotopic (exact) mass is 909 g/mol.